The number of fused-ring (bicyclic) bond motifs is 1. The molecular formula is C11H13ClN4O4. The summed E-state index contributed by atoms with van der Waals surface area (Å²) < 4.78 is 12.5. The van der Waals surface area contributed by atoms with Crippen LogP contribution in [-0.4, -0.2) is 61.8 Å². The van der Waals surface area contributed by atoms with Crippen molar-refractivity contribution < 1.29 is 19.7 Å². The van der Waals surface area contributed by atoms with Gasteiger partial charge in [-0.3, -0.25) is 4.57 Å². The van der Waals surface area contributed by atoms with Crippen LogP contribution < -0.4 is 0 Å². The fourth-order valence-electron chi connectivity index (χ4n) is 2.36. The zero-order valence-corrected chi connectivity index (χ0v) is 11.3. The topological polar surface area (TPSA) is 103 Å². The van der Waals surface area contributed by atoms with Crippen molar-refractivity contribution in [1.29, 1.82) is 0 Å². The molecule has 3 rings (SSSR count). The van der Waals surface area contributed by atoms with E-state index in [0.717, 1.165) is 0 Å². The van der Waals surface area contributed by atoms with E-state index in [1.165, 1.54) is 19.8 Å². The van der Waals surface area contributed by atoms with Crippen LogP contribution in [0.2, 0.25) is 5.15 Å². The van der Waals surface area contributed by atoms with Crippen molar-refractivity contribution in [1.82, 2.24) is 19.5 Å². The van der Waals surface area contributed by atoms with Crippen molar-refractivity contribution in [2.75, 3.05) is 13.7 Å². The Morgan fingerprint density at radius 2 is 2.25 bits per heavy atom. The van der Waals surface area contributed by atoms with E-state index >= 15 is 0 Å². The maximum atomic E-state index is 10.0. The third-order valence-electron chi connectivity index (χ3n) is 3.35. The van der Waals surface area contributed by atoms with Gasteiger partial charge in [-0.05, 0) is 0 Å². The smallest absolute Gasteiger partial charge is 0.167 e. The molecule has 108 valence electrons. The van der Waals surface area contributed by atoms with Gasteiger partial charge in [0.2, 0.25) is 0 Å². The predicted molar refractivity (Wildman–Crippen MR) is 68.1 cm³/mol. The van der Waals surface area contributed by atoms with Gasteiger partial charge in [-0.15, -0.1) is 0 Å². The van der Waals surface area contributed by atoms with Gasteiger partial charge in [-0.1, -0.05) is 11.6 Å². The zero-order valence-electron chi connectivity index (χ0n) is 10.5. The second kappa shape index (κ2) is 5.23. The maximum Gasteiger partial charge on any atom is 0.167 e. The third-order valence-corrected chi connectivity index (χ3v) is 3.63. The average molecular weight is 301 g/mol. The number of hydrogen-bond donors (Lipinski definition) is 2. The number of imidazole rings is 1. The van der Waals surface area contributed by atoms with Gasteiger partial charge in [0.05, 0.1) is 12.9 Å². The van der Waals surface area contributed by atoms with Crippen LogP contribution in [0.1, 0.15) is 6.23 Å². The number of ether oxygens (including phenoxy) is 2. The largest absolute Gasteiger partial charge is 0.394 e. The highest BCUT2D eigenvalue weighted by Gasteiger charge is 2.45. The van der Waals surface area contributed by atoms with Gasteiger partial charge in [0.25, 0.3) is 0 Å². The molecule has 0 bridgehead atoms. The molecule has 0 amide bonds. The van der Waals surface area contributed by atoms with Crippen molar-refractivity contribution in [2.24, 2.45) is 0 Å². The van der Waals surface area contributed by atoms with Crippen LogP contribution in [0.4, 0.5) is 0 Å². The summed E-state index contributed by atoms with van der Waals surface area (Å²) in [7, 11) is 1.46. The normalized spacial score (nSPS) is 30.2. The summed E-state index contributed by atoms with van der Waals surface area (Å²) in [5, 5.41) is 19.5. The van der Waals surface area contributed by atoms with Crippen molar-refractivity contribution in [2.45, 2.75) is 24.5 Å². The summed E-state index contributed by atoms with van der Waals surface area (Å²) in [5.41, 5.74) is 0.914. The molecule has 0 spiro atoms. The Bertz CT molecular complexity index is 621. The minimum atomic E-state index is -0.940. The van der Waals surface area contributed by atoms with E-state index in [9.17, 15) is 10.2 Å². The zero-order chi connectivity index (χ0) is 14.3. The lowest BCUT2D eigenvalue weighted by Gasteiger charge is -2.19. The standard InChI is InChI=1S/C11H13ClN4O4/c1-19-8-7(18)5(2-17)20-11(8)16-4-15-6-9(12)13-3-14-10(6)16/h3-5,7-8,11,17-18H,2H2,1H3/t5-,7?,8+,11-/m1/s1. The van der Waals surface area contributed by atoms with Crippen LogP contribution in [-0.2, 0) is 9.47 Å². The van der Waals surface area contributed by atoms with E-state index in [-0.39, 0.29) is 11.8 Å². The van der Waals surface area contributed by atoms with E-state index in [2.05, 4.69) is 15.0 Å². The molecule has 2 aromatic heterocycles. The number of methoxy groups -OCH3 is 1. The maximum absolute atomic E-state index is 10.0. The molecule has 1 unspecified atom stereocenters. The molecule has 0 aliphatic carbocycles. The molecule has 3 heterocycles. The van der Waals surface area contributed by atoms with E-state index in [0.29, 0.717) is 11.2 Å². The van der Waals surface area contributed by atoms with E-state index < -0.39 is 24.5 Å². The molecule has 1 fully saturated rings. The number of nitrogens with zero attached hydrogens (tertiary/aromatic N) is 4. The van der Waals surface area contributed by atoms with Gasteiger partial charge in [0.1, 0.15) is 30.2 Å². The molecule has 1 aliphatic rings. The number of aromatic nitrogens is 4. The number of rotatable bonds is 3. The van der Waals surface area contributed by atoms with Crippen molar-refractivity contribution >= 4 is 22.8 Å². The number of aliphatic hydroxyl groups is 2. The molecule has 2 N–H and O–H groups in total. The minimum Gasteiger partial charge on any atom is -0.394 e. The van der Waals surface area contributed by atoms with E-state index in [4.69, 9.17) is 21.1 Å². The van der Waals surface area contributed by atoms with Crippen LogP contribution in [0, 0.1) is 0 Å². The second-order valence-electron chi connectivity index (χ2n) is 4.43. The van der Waals surface area contributed by atoms with Crippen molar-refractivity contribution in [3.05, 3.63) is 17.8 Å². The van der Waals surface area contributed by atoms with Gasteiger partial charge in [-0.2, -0.15) is 0 Å². The number of aliphatic hydroxyl groups excluding tert-OH is 2. The fraction of sp³-hybridized carbons (Fsp3) is 0.545. The lowest BCUT2D eigenvalue weighted by molar-refractivity contribution is -0.0583. The minimum absolute atomic E-state index is 0.236. The van der Waals surface area contributed by atoms with Gasteiger partial charge < -0.3 is 19.7 Å². The third kappa shape index (κ3) is 1.97. The SMILES string of the molecule is CO[C@H]1C(O)[C@@H](CO)O[C@H]1n1cnc2c(Cl)ncnc21. The Labute approximate surface area is 118 Å². The van der Waals surface area contributed by atoms with Gasteiger partial charge >= 0.3 is 0 Å². The Morgan fingerprint density at radius 3 is 2.95 bits per heavy atom. The van der Waals surface area contributed by atoms with Gasteiger partial charge in [0.15, 0.2) is 17.0 Å². The Balaban J connectivity index is 2.04. The van der Waals surface area contributed by atoms with Crippen LogP contribution in [0.3, 0.4) is 0 Å². The summed E-state index contributed by atoms with van der Waals surface area (Å²) in [6.45, 7) is -0.306. The van der Waals surface area contributed by atoms with Crippen LogP contribution in [0.15, 0.2) is 12.7 Å². The lowest BCUT2D eigenvalue weighted by atomic mass is 10.1. The Morgan fingerprint density at radius 1 is 1.45 bits per heavy atom. The molecular weight excluding hydrogens is 288 g/mol. The van der Waals surface area contributed by atoms with E-state index in [1.807, 2.05) is 0 Å². The first kappa shape index (κ1) is 13.7. The molecule has 8 nitrogen and oxygen atoms in total. The quantitative estimate of drug-likeness (QED) is 0.753. The molecule has 1 saturated heterocycles. The van der Waals surface area contributed by atoms with Crippen molar-refractivity contribution in [3.63, 3.8) is 0 Å². The van der Waals surface area contributed by atoms with Crippen LogP contribution in [0.5, 0.6) is 0 Å². The Kier molecular flexibility index (Phi) is 3.57. The molecule has 0 saturated carbocycles. The lowest BCUT2D eigenvalue weighted by Crippen LogP contribution is -2.34. The molecule has 4 atom stereocenters. The summed E-state index contributed by atoms with van der Waals surface area (Å²) in [6, 6.07) is 0. The van der Waals surface area contributed by atoms with Crippen molar-refractivity contribution in [3.8, 4) is 0 Å². The Hall–Kier alpha value is -1.32. The van der Waals surface area contributed by atoms with E-state index in [1.54, 1.807) is 4.57 Å². The highest BCUT2D eigenvalue weighted by Crippen LogP contribution is 2.33. The van der Waals surface area contributed by atoms with Crippen LogP contribution in [0.25, 0.3) is 11.2 Å². The summed E-state index contributed by atoms with van der Waals surface area (Å²) in [5.74, 6) is 0. The van der Waals surface area contributed by atoms with Gasteiger partial charge in [-0.25, -0.2) is 15.0 Å². The molecule has 0 radical (unpaired) electrons. The summed E-state index contributed by atoms with van der Waals surface area (Å²) >= 11 is 5.94. The molecule has 0 aromatic carbocycles. The van der Waals surface area contributed by atoms with Crippen LogP contribution >= 0.6 is 11.6 Å². The molecule has 1 aliphatic heterocycles. The molecule has 9 heteroatoms. The summed E-state index contributed by atoms with van der Waals surface area (Å²) in [6.07, 6.45) is -0.139. The first-order valence-corrected chi connectivity index (χ1v) is 6.35. The first-order valence-electron chi connectivity index (χ1n) is 5.97. The second-order valence-corrected chi connectivity index (χ2v) is 4.79. The molecule has 20 heavy (non-hydrogen) atoms. The predicted octanol–water partition coefficient (Wildman–Crippen LogP) is -0.255. The fourth-order valence-corrected chi connectivity index (χ4v) is 2.53. The number of halogens is 1. The number of hydrogen-bond acceptors (Lipinski definition) is 7. The highest BCUT2D eigenvalue weighted by molar-refractivity contribution is 6.33. The van der Waals surface area contributed by atoms with Gasteiger partial charge in [0, 0.05) is 7.11 Å². The monoisotopic (exact) mass is 300 g/mol. The highest BCUT2D eigenvalue weighted by atomic mass is 35.5. The molecule has 2 aromatic rings. The average Bonchev–Trinajstić information content (AvgIpc) is 3.00. The first-order chi connectivity index (χ1) is 9.67. The summed E-state index contributed by atoms with van der Waals surface area (Å²) in [4.78, 5) is 12.1.